The second-order valence-electron chi connectivity index (χ2n) is 7.23. The van der Waals surface area contributed by atoms with Gasteiger partial charge in [0.15, 0.2) is 0 Å². The van der Waals surface area contributed by atoms with E-state index >= 15 is 0 Å². The zero-order valence-electron chi connectivity index (χ0n) is 14.0. The molecule has 2 atom stereocenters. The summed E-state index contributed by atoms with van der Waals surface area (Å²) >= 11 is 6.76. The van der Waals surface area contributed by atoms with Gasteiger partial charge in [-0.1, -0.05) is 55.7 Å². The molecule has 0 N–H and O–H groups in total. The molecule has 1 heterocycles. The average Bonchev–Trinajstić information content (AvgIpc) is 3.03. The minimum absolute atomic E-state index is 0.0743. The summed E-state index contributed by atoms with van der Waals surface area (Å²) in [5, 5.41) is 2.18. The standard InChI is InChI=1S/C21H24ClNO/c22-20(17-11-10-15-6-4-5-7-16(15)14-17)19-12-13-23(21(19)24)18-8-2-1-3-9-18/h4-7,10-11,14,18-20H,1-3,8-9,12-13H2. The topological polar surface area (TPSA) is 20.3 Å². The summed E-state index contributed by atoms with van der Waals surface area (Å²) < 4.78 is 0. The third-order valence-corrected chi connectivity index (χ3v) is 6.30. The molecule has 1 saturated carbocycles. The maximum atomic E-state index is 12.9. The molecule has 0 radical (unpaired) electrons. The molecule has 1 aliphatic heterocycles. The Bertz CT molecular complexity index is 737. The van der Waals surface area contributed by atoms with Crippen LogP contribution in [0.5, 0.6) is 0 Å². The van der Waals surface area contributed by atoms with Crippen molar-refractivity contribution >= 4 is 28.3 Å². The van der Waals surface area contributed by atoms with E-state index in [1.54, 1.807) is 0 Å². The van der Waals surface area contributed by atoms with Crippen molar-refractivity contribution in [1.29, 1.82) is 0 Å². The Hall–Kier alpha value is -1.54. The van der Waals surface area contributed by atoms with Crippen LogP contribution < -0.4 is 0 Å². The van der Waals surface area contributed by atoms with Gasteiger partial charge in [-0.15, -0.1) is 11.6 Å². The van der Waals surface area contributed by atoms with Gasteiger partial charge < -0.3 is 4.90 Å². The van der Waals surface area contributed by atoms with E-state index in [0.717, 1.165) is 18.5 Å². The van der Waals surface area contributed by atoms with Crippen molar-refractivity contribution in [3.8, 4) is 0 Å². The first kappa shape index (κ1) is 16.0. The third kappa shape index (κ3) is 2.93. The molecule has 3 heteroatoms. The van der Waals surface area contributed by atoms with E-state index in [0.29, 0.717) is 6.04 Å². The smallest absolute Gasteiger partial charge is 0.227 e. The molecule has 0 aromatic heterocycles. The van der Waals surface area contributed by atoms with Crippen LogP contribution in [0.1, 0.15) is 49.5 Å². The van der Waals surface area contributed by atoms with Crippen molar-refractivity contribution in [2.24, 2.45) is 5.92 Å². The highest BCUT2D eigenvalue weighted by atomic mass is 35.5. The van der Waals surface area contributed by atoms with Gasteiger partial charge in [0.2, 0.25) is 5.91 Å². The monoisotopic (exact) mass is 341 g/mol. The first-order chi connectivity index (χ1) is 11.7. The quantitative estimate of drug-likeness (QED) is 0.693. The molecule has 2 unspecified atom stereocenters. The number of nitrogens with zero attached hydrogens (tertiary/aromatic N) is 1. The van der Waals surface area contributed by atoms with Crippen LogP contribution in [0.25, 0.3) is 10.8 Å². The predicted molar refractivity (Wildman–Crippen MR) is 99.2 cm³/mol. The SMILES string of the molecule is O=C1C(C(Cl)c2ccc3ccccc3c2)CCN1C1CCCCC1. The summed E-state index contributed by atoms with van der Waals surface area (Å²) in [7, 11) is 0. The molecule has 24 heavy (non-hydrogen) atoms. The second kappa shape index (κ2) is 6.76. The molecule has 0 spiro atoms. The second-order valence-corrected chi connectivity index (χ2v) is 7.70. The lowest BCUT2D eigenvalue weighted by Gasteiger charge is -2.31. The number of hydrogen-bond donors (Lipinski definition) is 0. The number of amides is 1. The van der Waals surface area contributed by atoms with Gasteiger partial charge in [-0.2, -0.15) is 0 Å². The van der Waals surface area contributed by atoms with Crippen molar-refractivity contribution in [2.75, 3.05) is 6.54 Å². The van der Waals surface area contributed by atoms with Gasteiger partial charge in [-0.25, -0.2) is 0 Å². The highest BCUT2D eigenvalue weighted by molar-refractivity contribution is 6.22. The summed E-state index contributed by atoms with van der Waals surface area (Å²) in [6, 6.07) is 15.1. The normalized spacial score (nSPS) is 23.8. The third-order valence-electron chi connectivity index (χ3n) is 5.74. The van der Waals surface area contributed by atoms with E-state index in [-0.39, 0.29) is 17.2 Å². The number of halogens is 1. The van der Waals surface area contributed by atoms with Crippen LogP contribution in [0.4, 0.5) is 0 Å². The summed E-state index contributed by atoms with van der Waals surface area (Å²) in [5.74, 6) is 0.199. The first-order valence-corrected chi connectivity index (χ1v) is 9.61. The molecule has 2 fully saturated rings. The minimum Gasteiger partial charge on any atom is -0.339 e. The Labute approximate surface area is 148 Å². The average molecular weight is 342 g/mol. The van der Waals surface area contributed by atoms with Gasteiger partial charge in [-0.05, 0) is 41.7 Å². The van der Waals surface area contributed by atoms with Crippen LogP contribution in [0.15, 0.2) is 42.5 Å². The van der Waals surface area contributed by atoms with Gasteiger partial charge in [0.25, 0.3) is 0 Å². The number of rotatable bonds is 3. The van der Waals surface area contributed by atoms with E-state index in [9.17, 15) is 4.79 Å². The molecule has 1 saturated heterocycles. The molecule has 2 aliphatic rings. The van der Waals surface area contributed by atoms with Crippen molar-refractivity contribution < 1.29 is 4.79 Å². The Morgan fingerprint density at radius 1 is 0.958 bits per heavy atom. The predicted octanol–water partition coefficient (Wildman–Crippen LogP) is 5.30. The van der Waals surface area contributed by atoms with Crippen LogP contribution in [0.3, 0.4) is 0 Å². The molecule has 0 bridgehead atoms. The number of alkyl halides is 1. The number of carbonyl (C=O) groups is 1. The number of carbonyl (C=O) groups excluding carboxylic acids is 1. The molecule has 2 aromatic rings. The Kier molecular flexibility index (Phi) is 4.49. The van der Waals surface area contributed by atoms with E-state index in [1.165, 1.54) is 42.9 Å². The summed E-state index contributed by atoms with van der Waals surface area (Å²) in [6.07, 6.45) is 7.05. The zero-order chi connectivity index (χ0) is 16.5. The van der Waals surface area contributed by atoms with Crippen molar-refractivity contribution in [3.63, 3.8) is 0 Å². The van der Waals surface area contributed by atoms with E-state index in [2.05, 4.69) is 35.2 Å². The fourth-order valence-electron chi connectivity index (χ4n) is 4.36. The van der Waals surface area contributed by atoms with Gasteiger partial charge in [0.05, 0.1) is 11.3 Å². The molecule has 4 rings (SSSR count). The fourth-order valence-corrected chi connectivity index (χ4v) is 4.73. The number of likely N-dealkylation sites (tertiary alicyclic amines) is 1. The lowest BCUT2D eigenvalue weighted by molar-refractivity contribution is -0.133. The lowest BCUT2D eigenvalue weighted by Crippen LogP contribution is -2.39. The van der Waals surface area contributed by atoms with Gasteiger partial charge in [0.1, 0.15) is 0 Å². The zero-order valence-corrected chi connectivity index (χ0v) is 14.7. The first-order valence-electron chi connectivity index (χ1n) is 9.17. The highest BCUT2D eigenvalue weighted by Gasteiger charge is 2.40. The number of fused-ring (bicyclic) bond motifs is 1. The summed E-state index contributed by atoms with van der Waals surface area (Å²) in [6.45, 7) is 0.880. The van der Waals surface area contributed by atoms with Gasteiger partial charge >= 0.3 is 0 Å². The Morgan fingerprint density at radius 2 is 1.71 bits per heavy atom. The molecule has 1 aliphatic carbocycles. The van der Waals surface area contributed by atoms with Gasteiger partial charge in [-0.3, -0.25) is 4.79 Å². The van der Waals surface area contributed by atoms with Crippen LogP contribution in [-0.4, -0.2) is 23.4 Å². The van der Waals surface area contributed by atoms with Crippen molar-refractivity contribution in [3.05, 3.63) is 48.0 Å². The largest absolute Gasteiger partial charge is 0.339 e. The molecular formula is C21H24ClNO. The molecule has 1 amide bonds. The fraction of sp³-hybridized carbons (Fsp3) is 0.476. The van der Waals surface area contributed by atoms with Crippen molar-refractivity contribution in [2.45, 2.75) is 49.9 Å². The van der Waals surface area contributed by atoms with Gasteiger partial charge in [0, 0.05) is 12.6 Å². The van der Waals surface area contributed by atoms with E-state index < -0.39 is 0 Å². The van der Waals surface area contributed by atoms with E-state index in [4.69, 9.17) is 11.6 Å². The van der Waals surface area contributed by atoms with Crippen LogP contribution >= 0.6 is 11.6 Å². The number of benzene rings is 2. The molecular weight excluding hydrogens is 318 g/mol. The maximum Gasteiger partial charge on any atom is 0.227 e. The molecule has 2 aromatic carbocycles. The molecule has 2 nitrogen and oxygen atoms in total. The van der Waals surface area contributed by atoms with Crippen LogP contribution in [0.2, 0.25) is 0 Å². The minimum atomic E-state index is -0.226. The van der Waals surface area contributed by atoms with Crippen LogP contribution in [-0.2, 0) is 4.79 Å². The summed E-state index contributed by atoms with van der Waals surface area (Å²) in [5.41, 5.74) is 1.07. The summed E-state index contributed by atoms with van der Waals surface area (Å²) in [4.78, 5) is 15.0. The number of hydrogen-bond acceptors (Lipinski definition) is 1. The Morgan fingerprint density at radius 3 is 2.50 bits per heavy atom. The van der Waals surface area contributed by atoms with Crippen molar-refractivity contribution in [1.82, 2.24) is 4.90 Å². The Balaban J connectivity index is 1.53. The highest BCUT2D eigenvalue weighted by Crippen LogP contribution is 2.39. The van der Waals surface area contributed by atoms with E-state index in [1.807, 2.05) is 12.1 Å². The maximum absolute atomic E-state index is 12.9. The van der Waals surface area contributed by atoms with Crippen LogP contribution in [0, 0.1) is 5.92 Å². The molecule has 126 valence electrons. The lowest BCUT2D eigenvalue weighted by atomic mass is 9.93.